The Kier molecular flexibility index (Phi) is 6.60. The summed E-state index contributed by atoms with van der Waals surface area (Å²) in [6.07, 6.45) is 1.63. The first-order chi connectivity index (χ1) is 13.8. The van der Waals surface area contributed by atoms with Gasteiger partial charge < -0.3 is 9.42 Å². The number of amides is 1. The maximum Gasteiger partial charge on any atom is 0.255 e. The van der Waals surface area contributed by atoms with Crippen molar-refractivity contribution in [3.63, 3.8) is 0 Å². The molecule has 1 amide bonds. The van der Waals surface area contributed by atoms with Gasteiger partial charge in [0.1, 0.15) is 0 Å². The molecule has 1 atom stereocenters. The summed E-state index contributed by atoms with van der Waals surface area (Å²) in [6.45, 7) is 6.98. The summed E-state index contributed by atoms with van der Waals surface area (Å²) in [5, 5.41) is 4.05. The van der Waals surface area contributed by atoms with Crippen LogP contribution in [0.25, 0.3) is 0 Å². The second-order valence-corrected chi connectivity index (χ2v) is 9.35. The number of carbonyl (C=O) groups is 1. The van der Waals surface area contributed by atoms with E-state index < -0.39 is 10.0 Å². The van der Waals surface area contributed by atoms with E-state index in [9.17, 15) is 13.2 Å². The molecule has 0 spiro atoms. The molecule has 1 aliphatic heterocycles. The van der Waals surface area contributed by atoms with Crippen LogP contribution in [0.1, 0.15) is 54.7 Å². The van der Waals surface area contributed by atoms with E-state index in [1.807, 2.05) is 0 Å². The van der Waals surface area contributed by atoms with E-state index in [0.29, 0.717) is 37.9 Å². The highest BCUT2D eigenvalue weighted by Gasteiger charge is 2.31. The lowest BCUT2D eigenvalue weighted by molar-refractivity contribution is 0.0695. The molecule has 0 radical (unpaired) electrons. The number of nitrogens with zero attached hydrogens (tertiary/aromatic N) is 4. The predicted octanol–water partition coefficient (Wildman–Crippen LogP) is 3.08. The van der Waals surface area contributed by atoms with Crippen molar-refractivity contribution in [2.75, 3.05) is 26.2 Å². The lowest BCUT2D eigenvalue weighted by atomic mass is 9.97. The number of sulfonamides is 1. The number of hydrogen-bond acceptors (Lipinski definition) is 6. The summed E-state index contributed by atoms with van der Waals surface area (Å²) in [5.41, 5.74) is 0.183. The second-order valence-electron chi connectivity index (χ2n) is 7.00. The number of benzene rings is 1. The molecule has 1 aromatic carbocycles. The zero-order valence-corrected chi connectivity index (χ0v) is 18.3. The third kappa shape index (κ3) is 4.46. The fourth-order valence-electron chi connectivity index (χ4n) is 3.55. The van der Waals surface area contributed by atoms with Gasteiger partial charge in [-0.2, -0.15) is 9.29 Å². The maximum absolute atomic E-state index is 13.2. The van der Waals surface area contributed by atoms with Crippen molar-refractivity contribution in [3.8, 4) is 0 Å². The minimum Gasteiger partial charge on any atom is -0.339 e. The quantitative estimate of drug-likeness (QED) is 0.684. The molecular weight excluding hydrogens is 416 g/mol. The van der Waals surface area contributed by atoms with Gasteiger partial charge in [0.2, 0.25) is 15.9 Å². The van der Waals surface area contributed by atoms with E-state index in [2.05, 4.69) is 10.1 Å². The molecule has 2 heterocycles. The number of piperidine rings is 1. The fraction of sp³-hybridized carbons (Fsp3) is 0.526. The molecule has 0 N–H and O–H groups in total. The Hall–Kier alpha value is -1.97. The molecule has 1 saturated heterocycles. The highest BCUT2D eigenvalue weighted by Crippen LogP contribution is 2.29. The lowest BCUT2D eigenvalue weighted by Crippen LogP contribution is -2.39. The molecule has 158 valence electrons. The molecule has 8 nitrogen and oxygen atoms in total. The van der Waals surface area contributed by atoms with Crippen molar-refractivity contribution in [1.82, 2.24) is 19.3 Å². The van der Waals surface area contributed by atoms with Crippen LogP contribution in [0.3, 0.4) is 0 Å². The zero-order valence-electron chi connectivity index (χ0n) is 16.8. The van der Waals surface area contributed by atoms with E-state index in [-0.39, 0.29) is 27.3 Å². The average Bonchev–Trinajstić information content (AvgIpc) is 3.15. The Bertz CT molecular complexity index is 988. The molecule has 0 aliphatic carbocycles. The number of halogens is 1. The summed E-state index contributed by atoms with van der Waals surface area (Å²) >= 11 is 6.27. The van der Waals surface area contributed by atoms with Crippen LogP contribution in [0, 0.1) is 6.92 Å². The smallest absolute Gasteiger partial charge is 0.255 e. The van der Waals surface area contributed by atoms with Gasteiger partial charge in [0, 0.05) is 26.2 Å². The maximum atomic E-state index is 13.2. The number of likely N-dealkylation sites (tertiary alicyclic amines) is 1. The summed E-state index contributed by atoms with van der Waals surface area (Å²) in [5.74, 6) is 0.729. The predicted molar refractivity (Wildman–Crippen MR) is 108 cm³/mol. The summed E-state index contributed by atoms with van der Waals surface area (Å²) in [6, 6.07) is 4.28. The molecule has 1 aromatic heterocycles. The van der Waals surface area contributed by atoms with Crippen LogP contribution in [0.15, 0.2) is 27.6 Å². The highest BCUT2D eigenvalue weighted by atomic mass is 35.5. The van der Waals surface area contributed by atoms with E-state index in [1.54, 1.807) is 25.7 Å². The minimum absolute atomic E-state index is 0.0461. The lowest BCUT2D eigenvalue weighted by Gasteiger charge is -2.31. The molecular formula is C19H25ClN4O4S. The molecule has 1 fully saturated rings. The van der Waals surface area contributed by atoms with E-state index in [4.69, 9.17) is 16.1 Å². The Morgan fingerprint density at radius 3 is 2.69 bits per heavy atom. The molecule has 3 rings (SSSR count). The largest absolute Gasteiger partial charge is 0.339 e. The van der Waals surface area contributed by atoms with Crippen LogP contribution in [-0.4, -0.2) is 59.8 Å². The first-order valence-electron chi connectivity index (χ1n) is 9.67. The number of hydrogen-bond donors (Lipinski definition) is 0. The standard InChI is InChI=1S/C19H25ClN4O4S/c1-4-24(5-2)29(26,27)15-8-9-17(20)16(11-15)19(25)23-10-6-7-14(12-23)18-21-13(3)22-28-18/h8-9,11,14H,4-7,10,12H2,1-3H3. The van der Waals surface area contributed by atoms with Crippen molar-refractivity contribution in [2.45, 2.75) is 44.4 Å². The number of rotatable bonds is 6. The molecule has 0 saturated carbocycles. The summed E-state index contributed by atoms with van der Waals surface area (Å²) in [7, 11) is -3.69. The van der Waals surface area contributed by atoms with Gasteiger partial charge in [0.05, 0.1) is 21.4 Å². The molecule has 29 heavy (non-hydrogen) atoms. The minimum atomic E-state index is -3.69. The molecule has 1 aliphatic rings. The van der Waals surface area contributed by atoms with Gasteiger partial charge in [0.15, 0.2) is 5.82 Å². The van der Waals surface area contributed by atoms with E-state index in [1.165, 1.54) is 22.5 Å². The Balaban J connectivity index is 1.87. The average molecular weight is 441 g/mol. The topological polar surface area (TPSA) is 96.6 Å². The van der Waals surface area contributed by atoms with Gasteiger partial charge in [-0.05, 0) is 38.0 Å². The SMILES string of the molecule is CCN(CC)S(=O)(=O)c1ccc(Cl)c(C(=O)N2CCCC(c3nc(C)no3)C2)c1. The van der Waals surface area contributed by atoms with Gasteiger partial charge in [-0.25, -0.2) is 8.42 Å². The normalized spacial score (nSPS) is 17.7. The molecule has 0 bridgehead atoms. The molecule has 2 aromatic rings. The third-order valence-electron chi connectivity index (χ3n) is 5.11. The first-order valence-corrected chi connectivity index (χ1v) is 11.5. The molecule has 10 heteroatoms. The monoisotopic (exact) mass is 440 g/mol. The van der Waals surface area contributed by atoms with Crippen LogP contribution < -0.4 is 0 Å². The Morgan fingerprint density at radius 1 is 1.34 bits per heavy atom. The fourth-order valence-corrected chi connectivity index (χ4v) is 5.24. The van der Waals surface area contributed by atoms with Gasteiger partial charge in [-0.15, -0.1) is 0 Å². The summed E-state index contributed by atoms with van der Waals surface area (Å²) < 4.78 is 32.3. The number of aryl methyl sites for hydroxylation is 1. The van der Waals surface area contributed by atoms with Crippen LogP contribution in [0.4, 0.5) is 0 Å². The van der Waals surface area contributed by atoms with Crippen LogP contribution in [0.2, 0.25) is 5.02 Å². The van der Waals surface area contributed by atoms with Crippen LogP contribution in [-0.2, 0) is 10.0 Å². The van der Waals surface area contributed by atoms with Crippen molar-refractivity contribution < 1.29 is 17.7 Å². The van der Waals surface area contributed by atoms with Crippen LogP contribution >= 0.6 is 11.6 Å². The van der Waals surface area contributed by atoms with Crippen molar-refractivity contribution >= 4 is 27.5 Å². The van der Waals surface area contributed by atoms with Gasteiger partial charge in [-0.1, -0.05) is 30.6 Å². The van der Waals surface area contributed by atoms with E-state index >= 15 is 0 Å². The van der Waals surface area contributed by atoms with Gasteiger partial charge in [0.25, 0.3) is 5.91 Å². The van der Waals surface area contributed by atoms with E-state index in [0.717, 1.165) is 12.8 Å². The number of carbonyl (C=O) groups excluding carboxylic acids is 1. The summed E-state index contributed by atoms with van der Waals surface area (Å²) in [4.78, 5) is 19.2. The Labute approximate surface area is 175 Å². The highest BCUT2D eigenvalue weighted by molar-refractivity contribution is 7.89. The first kappa shape index (κ1) is 21.7. The molecule has 1 unspecified atom stereocenters. The van der Waals surface area contributed by atoms with Crippen molar-refractivity contribution in [2.24, 2.45) is 0 Å². The van der Waals surface area contributed by atoms with Gasteiger partial charge >= 0.3 is 0 Å². The second kappa shape index (κ2) is 8.81. The van der Waals surface area contributed by atoms with Gasteiger partial charge in [-0.3, -0.25) is 4.79 Å². The Morgan fingerprint density at radius 2 is 2.07 bits per heavy atom. The van der Waals surface area contributed by atoms with Crippen molar-refractivity contribution in [3.05, 3.63) is 40.5 Å². The van der Waals surface area contributed by atoms with Crippen molar-refractivity contribution in [1.29, 1.82) is 0 Å². The zero-order chi connectivity index (χ0) is 21.2. The number of aromatic nitrogens is 2. The van der Waals surface area contributed by atoms with Crippen LogP contribution in [0.5, 0.6) is 0 Å². The third-order valence-corrected chi connectivity index (χ3v) is 7.49.